The Kier molecular flexibility index (Phi) is 4.16. The first kappa shape index (κ1) is 12.8. The molecule has 0 amide bonds. The minimum absolute atomic E-state index is 0. The number of aromatic hydroxyl groups is 1. The van der Waals surface area contributed by atoms with Crippen LogP contribution in [0.25, 0.3) is 10.8 Å². The third-order valence-electron chi connectivity index (χ3n) is 2.76. The molecule has 0 aromatic heterocycles. The maximum atomic E-state index is 9.83. The molecule has 2 aromatic carbocycles. The predicted molar refractivity (Wildman–Crippen MR) is 70.1 cm³/mol. The molecule has 0 fully saturated rings. The summed E-state index contributed by atoms with van der Waals surface area (Å²) in [7, 11) is 0. The van der Waals surface area contributed by atoms with E-state index < -0.39 is 0 Å². The molecule has 3 N–H and O–H groups in total. The van der Waals surface area contributed by atoms with E-state index in [-0.39, 0.29) is 18.4 Å². The average Bonchev–Trinajstić information content (AvgIpc) is 2.28. The first-order valence-corrected chi connectivity index (χ1v) is 5.20. The van der Waals surface area contributed by atoms with Gasteiger partial charge in [0.25, 0.3) is 0 Å². The highest BCUT2D eigenvalue weighted by Crippen LogP contribution is 2.32. The molecule has 16 heavy (non-hydrogen) atoms. The van der Waals surface area contributed by atoms with Crippen molar-refractivity contribution in [3.63, 3.8) is 0 Å². The van der Waals surface area contributed by atoms with Gasteiger partial charge in [0.1, 0.15) is 5.75 Å². The zero-order valence-corrected chi connectivity index (χ0v) is 10.00. The summed E-state index contributed by atoms with van der Waals surface area (Å²) in [5, 5.41) is 12.0. The Morgan fingerprint density at radius 3 is 2.56 bits per heavy atom. The Morgan fingerprint density at radius 2 is 1.88 bits per heavy atom. The molecule has 0 aliphatic heterocycles. The molecule has 0 saturated heterocycles. The molecule has 2 rings (SSSR count). The minimum Gasteiger partial charge on any atom is -0.508 e. The first-order valence-electron chi connectivity index (χ1n) is 5.20. The number of phenolic OH excluding ortho intramolecular Hbond substituents is 1. The first-order chi connectivity index (χ1) is 7.24. The van der Waals surface area contributed by atoms with Crippen molar-refractivity contribution in [3.05, 3.63) is 42.0 Å². The van der Waals surface area contributed by atoms with E-state index >= 15 is 0 Å². The molecule has 0 spiro atoms. The van der Waals surface area contributed by atoms with E-state index in [0.29, 0.717) is 5.75 Å². The van der Waals surface area contributed by atoms with Crippen LogP contribution in [0, 0.1) is 0 Å². The summed E-state index contributed by atoms with van der Waals surface area (Å²) < 4.78 is 0. The van der Waals surface area contributed by atoms with E-state index in [1.807, 2.05) is 37.3 Å². The molecule has 0 heterocycles. The van der Waals surface area contributed by atoms with Gasteiger partial charge in [-0.2, -0.15) is 0 Å². The van der Waals surface area contributed by atoms with Crippen LogP contribution in [0.15, 0.2) is 36.4 Å². The van der Waals surface area contributed by atoms with Crippen molar-refractivity contribution in [2.75, 3.05) is 0 Å². The van der Waals surface area contributed by atoms with Gasteiger partial charge in [0, 0.05) is 11.6 Å². The number of hydrogen-bond acceptors (Lipinski definition) is 2. The highest BCUT2D eigenvalue weighted by atomic mass is 35.5. The standard InChI is InChI=1S/C13H15NO.ClH/c1-2-11(14)13-10-6-4-3-5-9(10)7-8-12(13)15;/h3-8,11,15H,2,14H2,1H3;1H/t11-;/m1./s1. The number of benzene rings is 2. The number of halogens is 1. The molecule has 0 aliphatic rings. The van der Waals surface area contributed by atoms with E-state index in [4.69, 9.17) is 5.73 Å². The Bertz CT molecular complexity index is 484. The largest absolute Gasteiger partial charge is 0.508 e. The maximum absolute atomic E-state index is 9.83. The number of hydrogen-bond donors (Lipinski definition) is 2. The molecule has 2 nitrogen and oxygen atoms in total. The van der Waals surface area contributed by atoms with Crippen LogP contribution in [0.2, 0.25) is 0 Å². The quantitative estimate of drug-likeness (QED) is 0.841. The Balaban J connectivity index is 0.00000128. The van der Waals surface area contributed by atoms with Crippen molar-refractivity contribution in [1.29, 1.82) is 0 Å². The van der Waals surface area contributed by atoms with Gasteiger partial charge >= 0.3 is 0 Å². The Hall–Kier alpha value is -1.25. The predicted octanol–water partition coefficient (Wildman–Crippen LogP) is 3.38. The maximum Gasteiger partial charge on any atom is 0.120 e. The smallest absolute Gasteiger partial charge is 0.120 e. The van der Waals surface area contributed by atoms with Gasteiger partial charge in [-0.3, -0.25) is 0 Å². The molecule has 3 heteroatoms. The third-order valence-corrected chi connectivity index (χ3v) is 2.76. The van der Waals surface area contributed by atoms with Crippen LogP contribution in [0.3, 0.4) is 0 Å². The molecular weight excluding hydrogens is 222 g/mol. The molecule has 0 radical (unpaired) electrons. The summed E-state index contributed by atoms with van der Waals surface area (Å²) in [6.45, 7) is 2.02. The lowest BCUT2D eigenvalue weighted by Crippen LogP contribution is -2.09. The fraction of sp³-hybridized carbons (Fsp3) is 0.231. The fourth-order valence-electron chi connectivity index (χ4n) is 1.88. The van der Waals surface area contributed by atoms with Crippen LogP contribution in [0.5, 0.6) is 5.75 Å². The highest BCUT2D eigenvalue weighted by Gasteiger charge is 2.12. The van der Waals surface area contributed by atoms with Crippen molar-refractivity contribution in [2.24, 2.45) is 5.73 Å². The number of nitrogens with two attached hydrogens (primary N) is 1. The van der Waals surface area contributed by atoms with Gasteiger partial charge in [-0.25, -0.2) is 0 Å². The summed E-state index contributed by atoms with van der Waals surface area (Å²) in [6, 6.07) is 11.5. The Labute approximate surface area is 101 Å². The van der Waals surface area contributed by atoms with Gasteiger partial charge in [-0.05, 0) is 23.3 Å². The second-order valence-corrected chi connectivity index (χ2v) is 3.73. The zero-order chi connectivity index (χ0) is 10.8. The van der Waals surface area contributed by atoms with Gasteiger partial charge in [0.2, 0.25) is 0 Å². The van der Waals surface area contributed by atoms with Gasteiger partial charge in [-0.1, -0.05) is 37.3 Å². The number of fused-ring (bicyclic) bond motifs is 1. The van der Waals surface area contributed by atoms with Crippen molar-refractivity contribution < 1.29 is 5.11 Å². The second-order valence-electron chi connectivity index (χ2n) is 3.73. The van der Waals surface area contributed by atoms with Gasteiger partial charge < -0.3 is 10.8 Å². The Morgan fingerprint density at radius 1 is 1.19 bits per heavy atom. The SMILES string of the molecule is CC[C@@H](N)c1c(O)ccc2ccccc12.Cl. The lowest BCUT2D eigenvalue weighted by molar-refractivity contribution is 0.462. The fourth-order valence-corrected chi connectivity index (χ4v) is 1.88. The number of rotatable bonds is 2. The summed E-state index contributed by atoms with van der Waals surface area (Å²) in [6.07, 6.45) is 0.821. The van der Waals surface area contributed by atoms with Crippen LogP contribution in [0.4, 0.5) is 0 Å². The third kappa shape index (κ3) is 2.13. The van der Waals surface area contributed by atoms with Crippen molar-refractivity contribution in [3.8, 4) is 5.75 Å². The summed E-state index contributed by atoms with van der Waals surface area (Å²) in [5.74, 6) is 0.294. The van der Waals surface area contributed by atoms with E-state index in [9.17, 15) is 5.11 Å². The molecule has 0 unspecified atom stereocenters. The van der Waals surface area contributed by atoms with Crippen LogP contribution in [0.1, 0.15) is 24.9 Å². The zero-order valence-electron chi connectivity index (χ0n) is 9.18. The van der Waals surface area contributed by atoms with E-state index in [1.54, 1.807) is 6.07 Å². The van der Waals surface area contributed by atoms with Crippen LogP contribution in [-0.4, -0.2) is 5.11 Å². The molecule has 1 atom stereocenters. The summed E-state index contributed by atoms with van der Waals surface area (Å²) >= 11 is 0. The highest BCUT2D eigenvalue weighted by molar-refractivity contribution is 5.88. The number of phenols is 1. The van der Waals surface area contributed by atoms with Gasteiger partial charge in [0.15, 0.2) is 0 Å². The molecule has 0 saturated carbocycles. The topological polar surface area (TPSA) is 46.2 Å². The van der Waals surface area contributed by atoms with Gasteiger partial charge in [-0.15, -0.1) is 12.4 Å². The van der Waals surface area contributed by atoms with Crippen LogP contribution < -0.4 is 5.73 Å². The monoisotopic (exact) mass is 237 g/mol. The van der Waals surface area contributed by atoms with Crippen molar-refractivity contribution in [2.45, 2.75) is 19.4 Å². The average molecular weight is 238 g/mol. The van der Waals surface area contributed by atoms with E-state index in [2.05, 4.69) is 0 Å². The summed E-state index contributed by atoms with van der Waals surface area (Å²) in [5.41, 5.74) is 6.86. The molecule has 2 aromatic rings. The van der Waals surface area contributed by atoms with Crippen molar-refractivity contribution >= 4 is 23.2 Å². The van der Waals surface area contributed by atoms with E-state index in [0.717, 1.165) is 22.8 Å². The molecule has 0 bridgehead atoms. The van der Waals surface area contributed by atoms with Crippen LogP contribution >= 0.6 is 12.4 Å². The lowest BCUT2D eigenvalue weighted by atomic mass is 9.97. The van der Waals surface area contributed by atoms with E-state index in [1.165, 1.54) is 0 Å². The van der Waals surface area contributed by atoms with Crippen LogP contribution in [-0.2, 0) is 0 Å². The minimum atomic E-state index is -0.101. The molecule has 86 valence electrons. The molecule has 0 aliphatic carbocycles. The normalized spacial score (nSPS) is 12.1. The molecular formula is C13H16ClNO. The van der Waals surface area contributed by atoms with Gasteiger partial charge in [0.05, 0.1) is 0 Å². The summed E-state index contributed by atoms with van der Waals surface area (Å²) in [4.78, 5) is 0. The lowest BCUT2D eigenvalue weighted by Gasteiger charge is -2.14. The van der Waals surface area contributed by atoms with Crippen molar-refractivity contribution in [1.82, 2.24) is 0 Å². The second kappa shape index (κ2) is 5.19.